The van der Waals surface area contributed by atoms with Crippen LogP contribution in [0.5, 0.6) is 0 Å². The average molecular weight is 268 g/mol. The Balaban J connectivity index is 3.85. The molecule has 0 heterocycles. The molecule has 1 unspecified atom stereocenters. The van der Waals surface area contributed by atoms with Gasteiger partial charge >= 0.3 is 11.4 Å². The van der Waals surface area contributed by atoms with Crippen LogP contribution in [0.3, 0.4) is 0 Å². The van der Waals surface area contributed by atoms with Crippen LogP contribution in [0.4, 0.5) is 22.7 Å². The van der Waals surface area contributed by atoms with Crippen LogP contribution in [-0.4, -0.2) is 9.85 Å². The number of benzene rings is 1. The van der Waals surface area contributed by atoms with E-state index in [2.05, 4.69) is 0 Å². The first-order chi connectivity index (χ1) is 8.73. The van der Waals surface area contributed by atoms with Crippen LogP contribution in [0.15, 0.2) is 0 Å². The average Bonchev–Trinajstić information content (AvgIpc) is 2.31. The minimum absolute atomic E-state index is 0.108. The summed E-state index contributed by atoms with van der Waals surface area (Å²) in [6.45, 7) is 5.19. The molecule has 0 aromatic heterocycles. The van der Waals surface area contributed by atoms with Gasteiger partial charge in [-0.25, -0.2) is 0 Å². The SMILES string of the molecule is CCC(C)c1c(C)c(N)c([N+](=O)[O-])c(N)c1[N+](=O)[O-]. The molecule has 0 aliphatic carbocycles. The molecule has 0 fully saturated rings. The van der Waals surface area contributed by atoms with E-state index in [1.807, 2.05) is 6.92 Å². The van der Waals surface area contributed by atoms with Gasteiger partial charge in [-0.1, -0.05) is 13.8 Å². The normalized spacial score (nSPS) is 12.2. The molecule has 0 aliphatic heterocycles. The van der Waals surface area contributed by atoms with Gasteiger partial charge in [0.1, 0.15) is 5.69 Å². The van der Waals surface area contributed by atoms with Crippen molar-refractivity contribution in [3.8, 4) is 0 Å². The second-order valence-corrected chi connectivity index (χ2v) is 4.39. The second kappa shape index (κ2) is 5.09. The lowest BCUT2D eigenvalue weighted by Gasteiger charge is -2.16. The summed E-state index contributed by atoms with van der Waals surface area (Å²) in [6.07, 6.45) is 0.637. The summed E-state index contributed by atoms with van der Waals surface area (Å²) < 4.78 is 0. The summed E-state index contributed by atoms with van der Waals surface area (Å²) in [5, 5.41) is 22.1. The van der Waals surface area contributed by atoms with Crippen LogP contribution in [0, 0.1) is 27.2 Å². The Morgan fingerprint density at radius 1 is 1.11 bits per heavy atom. The van der Waals surface area contributed by atoms with Gasteiger partial charge in [0, 0.05) is 5.56 Å². The summed E-state index contributed by atoms with van der Waals surface area (Å²) in [6, 6.07) is 0. The van der Waals surface area contributed by atoms with Gasteiger partial charge in [0.15, 0.2) is 5.69 Å². The Morgan fingerprint density at radius 2 is 1.58 bits per heavy atom. The van der Waals surface area contributed by atoms with Gasteiger partial charge in [0.25, 0.3) is 0 Å². The largest absolute Gasteiger partial charge is 0.393 e. The first-order valence-electron chi connectivity index (χ1n) is 5.74. The molecule has 1 atom stereocenters. The minimum Gasteiger partial charge on any atom is -0.393 e. The van der Waals surface area contributed by atoms with Gasteiger partial charge in [0.2, 0.25) is 0 Å². The number of hydrogen-bond acceptors (Lipinski definition) is 6. The smallest absolute Gasteiger partial charge is 0.322 e. The summed E-state index contributed by atoms with van der Waals surface area (Å²) in [5.74, 6) is -0.161. The Kier molecular flexibility index (Phi) is 3.93. The number of anilines is 2. The standard InChI is InChI=1S/C11H16N4O4/c1-4-5(2)7-6(3)8(12)11(15(18)19)9(13)10(7)14(16)17/h5H,4,12-13H2,1-3H3. The second-order valence-electron chi connectivity index (χ2n) is 4.39. The molecule has 104 valence electrons. The zero-order chi connectivity index (χ0) is 14.9. The molecule has 19 heavy (non-hydrogen) atoms. The predicted octanol–water partition coefficient (Wildman–Crippen LogP) is 2.49. The molecule has 0 radical (unpaired) electrons. The van der Waals surface area contributed by atoms with Crippen molar-refractivity contribution >= 4 is 22.7 Å². The Hall–Kier alpha value is -2.38. The van der Waals surface area contributed by atoms with E-state index in [0.29, 0.717) is 17.5 Å². The van der Waals surface area contributed by atoms with Gasteiger partial charge in [-0.3, -0.25) is 20.2 Å². The van der Waals surface area contributed by atoms with Crippen molar-refractivity contribution in [3.63, 3.8) is 0 Å². The minimum atomic E-state index is -0.787. The maximum atomic E-state index is 11.2. The zero-order valence-electron chi connectivity index (χ0n) is 11.0. The van der Waals surface area contributed by atoms with E-state index in [4.69, 9.17) is 11.5 Å². The summed E-state index contributed by atoms with van der Waals surface area (Å²) in [5.41, 5.74) is 10.4. The third-order valence-corrected chi connectivity index (χ3v) is 3.30. The predicted molar refractivity (Wildman–Crippen MR) is 72.0 cm³/mol. The molecule has 0 aliphatic rings. The molecule has 1 aromatic carbocycles. The van der Waals surface area contributed by atoms with E-state index in [1.54, 1.807) is 6.92 Å². The topological polar surface area (TPSA) is 138 Å². The molecule has 0 saturated carbocycles. The van der Waals surface area contributed by atoms with Crippen molar-refractivity contribution < 1.29 is 9.85 Å². The lowest BCUT2D eigenvalue weighted by molar-refractivity contribution is -0.392. The Bertz CT molecular complexity index is 556. The van der Waals surface area contributed by atoms with E-state index in [9.17, 15) is 20.2 Å². The van der Waals surface area contributed by atoms with E-state index in [1.165, 1.54) is 6.92 Å². The van der Waals surface area contributed by atoms with Crippen molar-refractivity contribution in [2.45, 2.75) is 33.1 Å². The van der Waals surface area contributed by atoms with Crippen LogP contribution >= 0.6 is 0 Å². The van der Waals surface area contributed by atoms with Crippen molar-refractivity contribution in [2.75, 3.05) is 11.5 Å². The maximum absolute atomic E-state index is 11.2. The van der Waals surface area contributed by atoms with Gasteiger partial charge < -0.3 is 11.5 Å². The highest BCUT2D eigenvalue weighted by Gasteiger charge is 2.34. The first-order valence-corrected chi connectivity index (χ1v) is 5.74. The van der Waals surface area contributed by atoms with Crippen LogP contribution in [0.2, 0.25) is 0 Å². The summed E-state index contributed by atoms with van der Waals surface area (Å²) in [4.78, 5) is 20.6. The lowest BCUT2D eigenvalue weighted by atomic mass is 9.90. The van der Waals surface area contributed by atoms with E-state index < -0.39 is 26.9 Å². The molecule has 0 spiro atoms. The zero-order valence-corrected chi connectivity index (χ0v) is 11.0. The molecule has 8 nitrogen and oxygen atoms in total. The fourth-order valence-corrected chi connectivity index (χ4v) is 2.10. The Morgan fingerprint density at radius 3 is 1.95 bits per heavy atom. The van der Waals surface area contributed by atoms with Crippen LogP contribution in [0.25, 0.3) is 0 Å². The highest BCUT2D eigenvalue weighted by molar-refractivity contribution is 5.86. The molecule has 0 bridgehead atoms. The van der Waals surface area contributed by atoms with Crippen LogP contribution in [0.1, 0.15) is 37.3 Å². The van der Waals surface area contributed by atoms with E-state index in [-0.39, 0.29) is 11.6 Å². The summed E-state index contributed by atoms with van der Waals surface area (Å²) >= 11 is 0. The number of rotatable bonds is 4. The molecule has 1 aromatic rings. The third kappa shape index (κ3) is 2.28. The lowest BCUT2D eigenvalue weighted by Crippen LogP contribution is -2.11. The molecule has 4 N–H and O–H groups in total. The highest BCUT2D eigenvalue weighted by Crippen LogP contribution is 2.45. The number of nitro benzene ring substituents is 2. The Labute approximate surface area is 109 Å². The number of hydrogen-bond donors (Lipinski definition) is 2. The fourth-order valence-electron chi connectivity index (χ4n) is 2.10. The molecular formula is C11H16N4O4. The van der Waals surface area contributed by atoms with Crippen molar-refractivity contribution in [1.29, 1.82) is 0 Å². The highest BCUT2D eigenvalue weighted by atomic mass is 16.6. The van der Waals surface area contributed by atoms with Crippen molar-refractivity contribution in [1.82, 2.24) is 0 Å². The van der Waals surface area contributed by atoms with E-state index >= 15 is 0 Å². The van der Waals surface area contributed by atoms with Crippen molar-refractivity contribution in [3.05, 3.63) is 31.4 Å². The monoisotopic (exact) mass is 268 g/mol. The van der Waals surface area contributed by atoms with Gasteiger partial charge in [-0.15, -0.1) is 0 Å². The molecular weight excluding hydrogens is 252 g/mol. The van der Waals surface area contributed by atoms with Crippen LogP contribution < -0.4 is 11.5 Å². The van der Waals surface area contributed by atoms with Crippen molar-refractivity contribution in [2.24, 2.45) is 0 Å². The first kappa shape index (κ1) is 14.7. The van der Waals surface area contributed by atoms with Gasteiger partial charge in [-0.05, 0) is 24.8 Å². The van der Waals surface area contributed by atoms with Crippen LogP contribution in [-0.2, 0) is 0 Å². The van der Waals surface area contributed by atoms with Gasteiger partial charge in [0.05, 0.1) is 9.85 Å². The van der Waals surface area contributed by atoms with E-state index in [0.717, 1.165) is 0 Å². The number of nitrogen functional groups attached to an aromatic ring is 2. The molecule has 1 rings (SSSR count). The molecule has 8 heteroatoms. The number of nitrogens with two attached hydrogens (primary N) is 2. The number of nitro groups is 2. The third-order valence-electron chi connectivity index (χ3n) is 3.30. The maximum Gasteiger partial charge on any atom is 0.322 e. The molecule has 0 amide bonds. The quantitative estimate of drug-likeness (QED) is 0.488. The fraction of sp³-hybridized carbons (Fsp3) is 0.455. The van der Waals surface area contributed by atoms with Gasteiger partial charge in [-0.2, -0.15) is 0 Å². The summed E-state index contributed by atoms with van der Waals surface area (Å²) in [7, 11) is 0. The molecule has 0 saturated heterocycles. The number of nitrogens with zero attached hydrogens (tertiary/aromatic N) is 2.